The van der Waals surface area contributed by atoms with Crippen molar-refractivity contribution in [3.63, 3.8) is 0 Å². The van der Waals surface area contributed by atoms with Crippen molar-refractivity contribution >= 4 is 9.84 Å². The van der Waals surface area contributed by atoms with Crippen molar-refractivity contribution < 1.29 is 27.4 Å². The topological polar surface area (TPSA) is 88.9 Å². The van der Waals surface area contributed by atoms with E-state index in [0.717, 1.165) is 39.7 Å². The van der Waals surface area contributed by atoms with Gasteiger partial charge in [0, 0.05) is 17.9 Å². The Labute approximate surface area is 210 Å². The number of hydrogen-bond donors (Lipinski definition) is 0. The molecule has 0 aliphatic carbocycles. The lowest BCUT2D eigenvalue weighted by Crippen LogP contribution is -2.15. The van der Waals surface area contributed by atoms with E-state index in [1.165, 1.54) is 6.26 Å². The summed E-state index contributed by atoms with van der Waals surface area (Å²) in [6.45, 7) is 0.950. The molecule has 0 bridgehead atoms. The van der Waals surface area contributed by atoms with Crippen molar-refractivity contribution in [3.8, 4) is 34.3 Å². The minimum atomic E-state index is -3.37. The van der Waals surface area contributed by atoms with Crippen molar-refractivity contribution in [2.45, 2.75) is 24.7 Å². The number of aromatic nitrogens is 2. The third kappa shape index (κ3) is 4.67. The Morgan fingerprint density at radius 3 is 2.22 bits per heavy atom. The summed E-state index contributed by atoms with van der Waals surface area (Å²) >= 11 is 0. The molecular formula is C27H26N2O6S. The zero-order valence-electron chi connectivity index (χ0n) is 20.2. The molecule has 0 atom stereocenters. The van der Waals surface area contributed by atoms with Crippen LogP contribution < -0.4 is 14.2 Å². The fourth-order valence-corrected chi connectivity index (χ4v) is 4.75. The van der Waals surface area contributed by atoms with Crippen LogP contribution in [-0.4, -0.2) is 38.4 Å². The van der Waals surface area contributed by atoms with Crippen LogP contribution in [0.15, 0.2) is 71.6 Å². The van der Waals surface area contributed by atoms with Gasteiger partial charge in [0.1, 0.15) is 29.7 Å². The zero-order chi connectivity index (χ0) is 25.3. The van der Waals surface area contributed by atoms with E-state index in [-0.39, 0.29) is 18.1 Å². The van der Waals surface area contributed by atoms with Crippen LogP contribution in [0.4, 0.5) is 0 Å². The highest BCUT2D eigenvalue weighted by Gasteiger charge is 2.27. The Hall–Kier alpha value is -3.82. The van der Waals surface area contributed by atoms with Gasteiger partial charge in [-0.1, -0.05) is 12.1 Å². The van der Waals surface area contributed by atoms with Gasteiger partial charge in [0.05, 0.1) is 49.4 Å². The van der Waals surface area contributed by atoms with Crippen LogP contribution >= 0.6 is 0 Å². The number of imidazole rings is 1. The van der Waals surface area contributed by atoms with E-state index in [4.69, 9.17) is 23.9 Å². The number of hydrogen-bond acceptors (Lipinski definition) is 7. The van der Waals surface area contributed by atoms with E-state index in [1.54, 1.807) is 32.4 Å². The quantitative estimate of drug-likeness (QED) is 0.346. The van der Waals surface area contributed by atoms with Crippen LogP contribution in [0.5, 0.6) is 17.2 Å². The Kier molecular flexibility index (Phi) is 6.42. The van der Waals surface area contributed by atoms with Gasteiger partial charge in [-0.2, -0.15) is 0 Å². The Bertz CT molecular complexity index is 1490. The smallest absolute Gasteiger partial charge is 0.175 e. The summed E-state index contributed by atoms with van der Waals surface area (Å²) < 4.78 is 48.7. The second-order valence-corrected chi connectivity index (χ2v) is 10.4. The standard InChI is InChI=1S/C27H26N2O6S/c1-32-20-8-4-18(5-9-20)15-34-16-23-25-17-35-26-14-22(36(3,30)31)12-13-24(26)29(25)27(28-23)19-6-10-21(33-2)11-7-19/h4-14H,15-17H2,1-3H3. The van der Waals surface area contributed by atoms with Gasteiger partial charge in [0.2, 0.25) is 0 Å². The van der Waals surface area contributed by atoms with Crippen molar-refractivity contribution in [2.75, 3.05) is 20.5 Å². The van der Waals surface area contributed by atoms with Gasteiger partial charge in [-0.15, -0.1) is 0 Å². The number of methoxy groups -OCH3 is 2. The maximum Gasteiger partial charge on any atom is 0.175 e. The van der Waals surface area contributed by atoms with Crippen LogP contribution in [0.1, 0.15) is 17.0 Å². The lowest BCUT2D eigenvalue weighted by atomic mass is 10.2. The first-order valence-electron chi connectivity index (χ1n) is 11.3. The molecule has 36 heavy (non-hydrogen) atoms. The number of rotatable bonds is 8. The maximum absolute atomic E-state index is 12.1. The molecule has 0 saturated heterocycles. The average Bonchev–Trinajstić information content (AvgIpc) is 3.27. The predicted octanol–water partition coefficient (Wildman–Crippen LogP) is 4.57. The molecule has 1 aliphatic rings. The number of benzene rings is 3. The summed E-state index contributed by atoms with van der Waals surface area (Å²) in [7, 11) is -0.110. The first-order valence-corrected chi connectivity index (χ1v) is 13.2. The lowest BCUT2D eigenvalue weighted by Gasteiger charge is -2.23. The molecule has 0 amide bonds. The molecular weight excluding hydrogens is 480 g/mol. The van der Waals surface area contributed by atoms with Gasteiger partial charge in [0.15, 0.2) is 9.84 Å². The molecule has 3 aromatic carbocycles. The van der Waals surface area contributed by atoms with Crippen LogP contribution in [0, 0.1) is 0 Å². The number of ether oxygens (including phenoxy) is 4. The normalized spacial score (nSPS) is 12.4. The Morgan fingerprint density at radius 2 is 1.58 bits per heavy atom. The Morgan fingerprint density at radius 1 is 0.917 bits per heavy atom. The molecule has 0 fully saturated rings. The minimum Gasteiger partial charge on any atom is -0.497 e. The fourth-order valence-electron chi connectivity index (χ4n) is 4.11. The summed E-state index contributed by atoms with van der Waals surface area (Å²) in [5, 5.41) is 0. The van der Waals surface area contributed by atoms with Gasteiger partial charge in [-0.3, -0.25) is 4.57 Å². The van der Waals surface area contributed by atoms with Crippen molar-refractivity contribution in [1.82, 2.24) is 9.55 Å². The van der Waals surface area contributed by atoms with E-state index < -0.39 is 9.84 Å². The van der Waals surface area contributed by atoms with E-state index >= 15 is 0 Å². The maximum atomic E-state index is 12.1. The van der Waals surface area contributed by atoms with Crippen molar-refractivity contribution in [3.05, 3.63) is 83.7 Å². The summed E-state index contributed by atoms with van der Waals surface area (Å²) in [6.07, 6.45) is 1.18. The Balaban J connectivity index is 1.51. The fraction of sp³-hybridized carbons (Fsp3) is 0.222. The van der Waals surface area contributed by atoms with E-state index in [0.29, 0.717) is 18.2 Å². The molecule has 0 unspecified atom stereocenters. The van der Waals surface area contributed by atoms with Crippen molar-refractivity contribution in [2.24, 2.45) is 0 Å². The van der Waals surface area contributed by atoms with Gasteiger partial charge >= 0.3 is 0 Å². The average molecular weight is 507 g/mol. The molecule has 1 aliphatic heterocycles. The number of fused-ring (bicyclic) bond motifs is 3. The van der Waals surface area contributed by atoms with Gasteiger partial charge < -0.3 is 18.9 Å². The SMILES string of the molecule is COc1ccc(COCc2nc(-c3ccc(OC)cc3)n3c2COc2cc(S(C)(=O)=O)ccc2-3)cc1. The first kappa shape index (κ1) is 23.9. The zero-order valence-corrected chi connectivity index (χ0v) is 21.0. The summed E-state index contributed by atoms with van der Waals surface area (Å²) in [4.78, 5) is 5.13. The molecule has 9 heteroatoms. The summed E-state index contributed by atoms with van der Waals surface area (Å²) in [6, 6.07) is 20.3. The molecule has 0 N–H and O–H groups in total. The molecule has 186 valence electrons. The second kappa shape index (κ2) is 9.67. The minimum absolute atomic E-state index is 0.207. The highest BCUT2D eigenvalue weighted by Crippen LogP contribution is 2.38. The third-order valence-corrected chi connectivity index (χ3v) is 7.15. The van der Waals surface area contributed by atoms with E-state index in [9.17, 15) is 8.42 Å². The molecule has 0 radical (unpaired) electrons. The van der Waals surface area contributed by atoms with Gasteiger partial charge in [-0.25, -0.2) is 13.4 Å². The van der Waals surface area contributed by atoms with Crippen LogP contribution in [0.2, 0.25) is 0 Å². The third-order valence-electron chi connectivity index (χ3n) is 6.04. The molecule has 2 heterocycles. The van der Waals surface area contributed by atoms with Crippen LogP contribution in [0.25, 0.3) is 17.1 Å². The number of nitrogens with zero attached hydrogens (tertiary/aromatic N) is 2. The van der Waals surface area contributed by atoms with Crippen LogP contribution in [-0.2, 0) is 34.4 Å². The molecule has 0 spiro atoms. The van der Waals surface area contributed by atoms with Gasteiger partial charge in [0.25, 0.3) is 0 Å². The molecule has 4 aromatic rings. The molecule has 0 saturated carbocycles. The largest absolute Gasteiger partial charge is 0.497 e. The molecule has 1 aromatic heterocycles. The molecule has 5 rings (SSSR count). The highest BCUT2D eigenvalue weighted by molar-refractivity contribution is 7.90. The first-order chi connectivity index (χ1) is 17.4. The second-order valence-electron chi connectivity index (χ2n) is 8.42. The molecule has 8 nitrogen and oxygen atoms in total. The predicted molar refractivity (Wildman–Crippen MR) is 134 cm³/mol. The highest BCUT2D eigenvalue weighted by atomic mass is 32.2. The van der Waals surface area contributed by atoms with Crippen molar-refractivity contribution in [1.29, 1.82) is 0 Å². The summed E-state index contributed by atoms with van der Waals surface area (Å²) in [5.74, 6) is 2.74. The lowest BCUT2D eigenvalue weighted by molar-refractivity contribution is 0.103. The van der Waals surface area contributed by atoms with Crippen LogP contribution in [0.3, 0.4) is 0 Å². The van der Waals surface area contributed by atoms with Gasteiger partial charge in [-0.05, 0) is 54.1 Å². The summed E-state index contributed by atoms with van der Waals surface area (Å²) in [5.41, 5.74) is 4.25. The number of sulfone groups is 1. The van der Waals surface area contributed by atoms with E-state index in [2.05, 4.69) is 0 Å². The van der Waals surface area contributed by atoms with E-state index in [1.807, 2.05) is 53.1 Å². The monoisotopic (exact) mass is 506 g/mol.